The third-order valence-electron chi connectivity index (χ3n) is 3.08. The van der Waals surface area contributed by atoms with Gasteiger partial charge in [-0.15, -0.1) is 0 Å². The molecule has 2 rings (SSSR count). The molecule has 0 bridgehead atoms. The summed E-state index contributed by atoms with van der Waals surface area (Å²) in [7, 11) is 0. The van der Waals surface area contributed by atoms with Gasteiger partial charge in [-0.1, -0.05) is 42.0 Å². The zero-order valence-electron chi connectivity index (χ0n) is 9.51. The molecule has 2 nitrogen and oxygen atoms in total. The first-order valence-corrected chi connectivity index (χ1v) is 5.38. The highest BCUT2D eigenvalue weighted by molar-refractivity contribution is 5.41. The Balaban J connectivity index is 2.51. The van der Waals surface area contributed by atoms with Crippen molar-refractivity contribution in [1.29, 1.82) is 0 Å². The van der Waals surface area contributed by atoms with Gasteiger partial charge in [0.05, 0.1) is 5.92 Å². The van der Waals surface area contributed by atoms with Crippen molar-refractivity contribution >= 4 is 0 Å². The molecule has 1 aromatic rings. The summed E-state index contributed by atoms with van der Waals surface area (Å²) in [5.74, 6) is -2.16. The predicted molar refractivity (Wildman–Crippen MR) is 64.0 cm³/mol. The standard InChI is InChI=1S/C14H16O2/c1-10-6-3-4-8-12(10)13-11(2)7-5-9-14(13,15)16/h3-9,13,15-16H,1-2H3. The van der Waals surface area contributed by atoms with Crippen molar-refractivity contribution in [3.63, 3.8) is 0 Å². The van der Waals surface area contributed by atoms with Crippen LogP contribution in [0.25, 0.3) is 0 Å². The summed E-state index contributed by atoms with van der Waals surface area (Å²) in [6, 6.07) is 7.80. The van der Waals surface area contributed by atoms with E-state index in [1.54, 1.807) is 6.08 Å². The molecule has 2 heteroatoms. The van der Waals surface area contributed by atoms with E-state index in [2.05, 4.69) is 0 Å². The molecule has 16 heavy (non-hydrogen) atoms. The van der Waals surface area contributed by atoms with Crippen LogP contribution < -0.4 is 0 Å². The van der Waals surface area contributed by atoms with Crippen molar-refractivity contribution in [3.8, 4) is 0 Å². The quantitative estimate of drug-likeness (QED) is 0.707. The molecule has 0 saturated heterocycles. The number of allylic oxidation sites excluding steroid dienone is 2. The monoisotopic (exact) mass is 216 g/mol. The Hall–Kier alpha value is -1.38. The molecule has 84 valence electrons. The Kier molecular flexibility index (Phi) is 2.70. The highest BCUT2D eigenvalue weighted by atomic mass is 16.5. The lowest BCUT2D eigenvalue weighted by atomic mass is 9.80. The van der Waals surface area contributed by atoms with Gasteiger partial charge in [-0.3, -0.25) is 0 Å². The summed E-state index contributed by atoms with van der Waals surface area (Å²) < 4.78 is 0. The van der Waals surface area contributed by atoms with Gasteiger partial charge >= 0.3 is 0 Å². The summed E-state index contributed by atoms with van der Waals surface area (Å²) in [5, 5.41) is 20.0. The van der Waals surface area contributed by atoms with Gasteiger partial charge in [0.1, 0.15) is 0 Å². The van der Waals surface area contributed by atoms with Crippen molar-refractivity contribution in [2.24, 2.45) is 0 Å². The van der Waals surface area contributed by atoms with E-state index in [0.717, 1.165) is 16.7 Å². The smallest absolute Gasteiger partial charge is 0.193 e. The van der Waals surface area contributed by atoms with E-state index in [4.69, 9.17) is 0 Å². The van der Waals surface area contributed by atoms with Crippen molar-refractivity contribution in [2.75, 3.05) is 0 Å². The Bertz CT molecular complexity index is 456. The van der Waals surface area contributed by atoms with Crippen LogP contribution in [0.2, 0.25) is 0 Å². The van der Waals surface area contributed by atoms with Crippen molar-refractivity contribution in [3.05, 3.63) is 59.2 Å². The van der Waals surface area contributed by atoms with Gasteiger partial charge in [0.25, 0.3) is 0 Å². The molecular formula is C14H16O2. The largest absolute Gasteiger partial charge is 0.362 e. The average molecular weight is 216 g/mol. The first kappa shape index (κ1) is 11.1. The van der Waals surface area contributed by atoms with E-state index in [1.807, 2.05) is 44.2 Å². The van der Waals surface area contributed by atoms with Crippen LogP contribution in [0.3, 0.4) is 0 Å². The summed E-state index contributed by atoms with van der Waals surface area (Å²) in [6.45, 7) is 3.90. The van der Waals surface area contributed by atoms with Gasteiger partial charge in [-0.2, -0.15) is 0 Å². The fraction of sp³-hybridized carbons (Fsp3) is 0.286. The Morgan fingerprint density at radius 1 is 1.12 bits per heavy atom. The number of benzene rings is 1. The zero-order chi connectivity index (χ0) is 11.8. The maximum atomic E-state index is 10.0. The van der Waals surface area contributed by atoms with Crippen LogP contribution in [0, 0.1) is 6.92 Å². The minimum atomic E-state index is -1.79. The Morgan fingerprint density at radius 3 is 2.44 bits per heavy atom. The van der Waals surface area contributed by atoms with E-state index in [1.165, 1.54) is 6.08 Å². The van der Waals surface area contributed by atoms with Crippen LogP contribution in [0.5, 0.6) is 0 Å². The van der Waals surface area contributed by atoms with Crippen LogP contribution in [-0.4, -0.2) is 16.0 Å². The van der Waals surface area contributed by atoms with Gasteiger partial charge in [-0.25, -0.2) is 0 Å². The number of hydrogen-bond acceptors (Lipinski definition) is 2. The molecule has 1 aliphatic carbocycles. The number of aliphatic hydroxyl groups is 2. The Labute approximate surface area is 95.6 Å². The fourth-order valence-electron chi connectivity index (χ4n) is 2.25. The van der Waals surface area contributed by atoms with Crippen molar-refractivity contribution in [1.82, 2.24) is 0 Å². The van der Waals surface area contributed by atoms with Crippen LogP contribution in [-0.2, 0) is 0 Å². The highest BCUT2D eigenvalue weighted by Crippen LogP contribution is 2.38. The SMILES string of the molecule is CC1=CC=CC(O)(O)C1c1ccccc1C. The lowest BCUT2D eigenvalue weighted by Crippen LogP contribution is -2.36. The molecule has 1 unspecified atom stereocenters. The first-order valence-electron chi connectivity index (χ1n) is 5.38. The molecule has 1 atom stereocenters. The van der Waals surface area contributed by atoms with Gasteiger partial charge in [0.2, 0.25) is 0 Å². The fourth-order valence-corrected chi connectivity index (χ4v) is 2.25. The van der Waals surface area contributed by atoms with Crippen LogP contribution >= 0.6 is 0 Å². The van der Waals surface area contributed by atoms with Crippen molar-refractivity contribution < 1.29 is 10.2 Å². The molecule has 0 heterocycles. The minimum absolute atomic E-state index is 0.376. The van der Waals surface area contributed by atoms with E-state index < -0.39 is 5.79 Å². The lowest BCUT2D eigenvalue weighted by molar-refractivity contribution is -0.130. The maximum Gasteiger partial charge on any atom is 0.193 e. The molecule has 0 radical (unpaired) electrons. The third-order valence-corrected chi connectivity index (χ3v) is 3.08. The molecule has 2 N–H and O–H groups in total. The number of aryl methyl sites for hydroxylation is 1. The van der Waals surface area contributed by atoms with E-state index in [-0.39, 0.29) is 5.92 Å². The van der Waals surface area contributed by atoms with E-state index >= 15 is 0 Å². The van der Waals surface area contributed by atoms with Crippen LogP contribution in [0.1, 0.15) is 24.0 Å². The van der Waals surface area contributed by atoms with Gasteiger partial charge < -0.3 is 10.2 Å². The third kappa shape index (κ3) is 1.82. The number of rotatable bonds is 1. The second-order valence-electron chi connectivity index (χ2n) is 4.34. The zero-order valence-corrected chi connectivity index (χ0v) is 9.51. The molecule has 0 amide bonds. The molecule has 0 fully saturated rings. The second kappa shape index (κ2) is 3.89. The maximum absolute atomic E-state index is 10.0. The van der Waals surface area contributed by atoms with Gasteiger partial charge in [0, 0.05) is 0 Å². The predicted octanol–water partition coefficient (Wildman–Crippen LogP) is 2.28. The summed E-state index contributed by atoms with van der Waals surface area (Å²) in [4.78, 5) is 0. The molecule has 0 saturated carbocycles. The molecule has 0 spiro atoms. The van der Waals surface area contributed by atoms with E-state index in [9.17, 15) is 10.2 Å². The average Bonchev–Trinajstić information content (AvgIpc) is 2.19. The molecule has 0 aliphatic heterocycles. The topological polar surface area (TPSA) is 40.5 Å². The van der Waals surface area contributed by atoms with Crippen molar-refractivity contribution in [2.45, 2.75) is 25.6 Å². The van der Waals surface area contributed by atoms with Crippen LogP contribution in [0.15, 0.2) is 48.1 Å². The summed E-state index contributed by atoms with van der Waals surface area (Å²) in [6.07, 6.45) is 5.03. The number of hydrogen-bond donors (Lipinski definition) is 2. The molecule has 1 aliphatic rings. The second-order valence-corrected chi connectivity index (χ2v) is 4.34. The highest BCUT2D eigenvalue weighted by Gasteiger charge is 2.36. The van der Waals surface area contributed by atoms with Gasteiger partial charge in [0.15, 0.2) is 5.79 Å². The molecular weight excluding hydrogens is 200 g/mol. The lowest BCUT2D eigenvalue weighted by Gasteiger charge is -2.33. The van der Waals surface area contributed by atoms with E-state index in [0.29, 0.717) is 0 Å². The molecule has 1 aromatic carbocycles. The Morgan fingerprint density at radius 2 is 1.81 bits per heavy atom. The van der Waals surface area contributed by atoms with Gasteiger partial charge in [-0.05, 0) is 31.1 Å². The minimum Gasteiger partial charge on any atom is -0.362 e. The summed E-state index contributed by atoms with van der Waals surface area (Å²) >= 11 is 0. The normalized spacial score (nSPS) is 23.0. The summed E-state index contributed by atoms with van der Waals surface area (Å²) in [5.41, 5.74) is 3.00. The molecule has 0 aromatic heterocycles. The first-order chi connectivity index (χ1) is 7.52. The van der Waals surface area contributed by atoms with Crippen LogP contribution in [0.4, 0.5) is 0 Å².